The molecule has 2 aliphatic rings. The average Bonchev–Trinajstić information content (AvgIpc) is 3.07. The van der Waals surface area contributed by atoms with E-state index in [-0.39, 0.29) is 18.6 Å². The summed E-state index contributed by atoms with van der Waals surface area (Å²) in [5.41, 5.74) is 7.25. The molecule has 4 aromatic rings. The predicted molar refractivity (Wildman–Crippen MR) is 210 cm³/mol. The largest absolute Gasteiger partial charge is 0.488 e. The Morgan fingerprint density at radius 1 is 0.612 bits per heavy atom. The number of ether oxygens (including phenoxy) is 2. The Hall–Kier alpha value is -1.76. The maximum atomic E-state index is 10.8. The highest BCUT2D eigenvalue weighted by Gasteiger charge is 2.28. The molecule has 2 atom stereocenters. The first kappa shape index (κ1) is 37.0. The van der Waals surface area contributed by atoms with E-state index in [2.05, 4.69) is 160 Å². The second kappa shape index (κ2) is 16.3. The van der Waals surface area contributed by atoms with E-state index in [4.69, 9.17) is 9.47 Å². The van der Waals surface area contributed by atoms with Gasteiger partial charge in [-0.05, 0) is 134 Å². The van der Waals surface area contributed by atoms with Crippen molar-refractivity contribution in [1.29, 1.82) is 0 Å². The van der Waals surface area contributed by atoms with Crippen molar-refractivity contribution in [2.24, 2.45) is 0 Å². The van der Waals surface area contributed by atoms with Crippen molar-refractivity contribution in [2.75, 3.05) is 39.4 Å². The minimum Gasteiger partial charge on any atom is -0.488 e. The highest BCUT2D eigenvalue weighted by molar-refractivity contribution is 9.11. The second-order valence-corrected chi connectivity index (χ2v) is 17.0. The fourth-order valence-corrected chi connectivity index (χ4v) is 9.60. The van der Waals surface area contributed by atoms with Crippen LogP contribution in [0.5, 0.6) is 11.5 Å². The number of aliphatic hydroxyl groups is 2. The molecule has 6 rings (SSSR count). The van der Waals surface area contributed by atoms with E-state index in [0.717, 1.165) is 68.0 Å². The van der Waals surface area contributed by atoms with Crippen LogP contribution in [0.1, 0.15) is 47.2 Å². The molecule has 0 aromatic heterocycles. The molecule has 0 spiro atoms. The van der Waals surface area contributed by atoms with E-state index in [1.54, 1.807) is 0 Å². The zero-order chi connectivity index (χ0) is 34.7. The van der Waals surface area contributed by atoms with Crippen LogP contribution >= 0.6 is 63.7 Å². The number of hydrogen-bond acceptors (Lipinski definition) is 6. The van der Waals surface area contributed by atoms with Crippen molar-refractivity contribution in [1.82, 2.24) is 9.80 Å². The van der Waals surface area contributed by atoms with Crippen LogP contribution in [0.3, 0.4) is 0 Å². The van der Waals surface area contributed by atoms with Gasteiger partial charge < -0.3 is 19.7 Å². The molecule has 0 saturated heterocycles. The molecule has 0 bridgehead atoms. The summed E-state index contributed by atoms with van der Waals surface area (Å²) in [7, 11) is 0. The van der Waals surface area contributed by atoms with Gasteiger partial charge in [0.2, 0.25) is 0 Å². The van der Waals surface area contributed by atoms with Crippen molar-refractivity contribution in [3.8, 4) is 11.5 Å². The third-order valence-electron chi connectivity index (χ3n) is 9.64. The lowest BCUT2D eigenvalue weighted by atomic mass is 9.78. The van der Waals surface area contributed by atoms with Crippen molar-refractivity contribution >= 4 is 63.7 Å². The summed E-state index contributed by atoms with van der Waals surface area (Å²) in [5.74, 6) is 1.34. The minimum absolute atomic E-state index is 0.195. The molecule has 0 amide bonds. The molecular formula is C39H42Br4N2O4. The van der Waals surface area contributed by atoms with Crippen molar-refractivity contribution in [2.45, 2.75) is 57.4 Å². The van der Waals surface area contributed by atoms with Crippen molar-refractivity contribution < 1.29 is 19.7 Å². The van der Waals surface area contributed by atoms with Gasteiger partial charge in [-0.2, -0.15) is 0 Å². The zero-order valence-corrected chi connectivity index (χ0v) is 34.1. The standard InChI is InChI=1S/C39H42Br4N2O4/c1-39(2,29-15-33(40)37(34(41)16-29)48-23-31(46)21-44-13-11-25-7-3-5-9-27(25)19-44)30-17-35(42)38(36(43)18-30)49-24-32(47)22-45-14-12-26-8-4-6-10-28(26)20-45/h3-10,15-18,31-32,46-47H,11-14,19-24H2,1-2H3. The molecule has 10 heteroatoms. The predicted octanol–water partition coefficient (Wildman–Crippen LogP) is 8.66. The van der Waals surface area contributed by atoms with Gasteiger partial charge in [0.1, 0.15) is 36.9 Å². The highest BCUT2D eigenvalue weighted by atomic mass is 79.9. The zero-order valence-electron chi connectivity index (χ0n) is 27.8. The third kappa shape index (κ3) is 9.01. The Labute approximate surface area is 323 Å². The quantitative estimate of drug-likeness (QED) is 0.149. The normalized spacial score (nSPS) is 16.5. The lowest BCUT2D eigenvalue weighted by Gasteiger charge is -2.31. The summed E-state index contributed by atoms with van der Waals surface area (Å²) in [4.78, 5) is 4.57. The highest BCUT2D eigenvalue weighted by Crippen LogP contribution is 2.44. The maximum absolute atomic E-state index is 10.8. The first-order chi connectivity index (χ1) is 23.5. The summed E-state index contributed by atoms with van der Waals surface area (Å²) in [6, 6.07) is 25.4. The Morgan fingerprint density at radius 2 is 0.959 bits per heavy atom. The molecule has 0 fully saturated rings. The first-order valence-electron chi connectivity index (χ1n) is 16.7. The van der Waals surface area contributed by atoms with E-state index in [0.29, 0.717) is 24.6 Å². The summed E-state index contributed by atoms with van der Waals surface area (Å²) >= 11 is 14.9. The summed E-state index contributed by atoms with van der Waals surface area (Å²) in [6.07, 6.45) is 0.774. The molecule has 2 aliphatic heterocycles. The third-order valence-corrected chi connectivity index (χ3v) is 12.0. The van der Waals surface area contributed by atoms with E-state index in [1.165, 1.54) is 22.3 Å². The number of benzene rings is 4. The number of hydrogen-bond donors (Lipinski definition) is 2. The van der Waals surface area contributed by atoms with Gasteiger partial charge in [0.25, 0.3) is 0 Å². The Bertz CT molecular complexity index is 1610. The smallest absolute Gasteiger partial charge is 0.147 e. The van der Waals surface area contributed by atoms with E-state index in [9.17, 15) is 10.2 Å². The molecule has 0 saturated carbocycles. The van der Waals surface area contributed by atoms with Crippen LogP contribution < -0.4 is 9.47 Å². The molecule has 6 nitrogen and oxygen atoms in total. The molecule has 2 N–H and O–H groups in total. The van der Waals surface area contributed by atoms with Gasteiger partial charge in [0.05, 0.1) is 17.9 Å². The van der Waals surface area contributed by atoms with Crippen LogP contribution in [-0.2, 0) is 31.3 Å². The first-order valence-corrected chi connectivity index (χ1v) is 19.8. The van der Waals surface area contributed by atoms with Crippen LogP contribution in [0, 0.1) is 0 Å². The Kier molecular flexibility index (Phi) is 12.3. The molecule has 49 heavy (non-hydrogen) atoms. The van der Waals surface area contributed by atoms with Gasteiger partial charge in [-0.15, -0.1) is 0 Å². The van der Waals surface area contributed by atoms with E-state index in [1.807, 2.05) is 0 Å². The van der Waals surface area contributed by atoms with Crippen LogP contribution in [0.15, 0.2) is 90.7 Å². The van der Waals surface area contributed by atoms with Gasteiger partial charge in [0.15, 0.2) is 0 Å². The number of rotatable bonds is 12. The summed E-state index contributed by atoms with van der Waals surface area (Å²) in [5, 5.41) is 21.7. The van der Waals surface area contributed by atoms with Gasteiger partial charge in [0, 0.05) is 44.7 Å². The molecule has 2 heterocycles. The molecule has 0 radical (unpaired) electrons. The molecule has 2 unspecified atom stereocenters. The molecule has 260 valence electrons. The number of fused-ring (bicyclic) bond motifs is 2. The summed E-state index contributed by atoms with van der Waals surface area (Å²) < 4.78 is 15.6. The Balaban J connectivity index is 1.05. The second-order valence-electron chi connectivity index (χ2n) is 13.6. The fraction of sp³-hybridized carbons (Fsp3) is 0.385. The minimum atomic E-state index is -0.612. The SMILES string of the molecule is CC(C)(c1cc(Br)c(OCC(O)CN2CCc3ccccc3C2)c(Br)c1)c1cc(Br)c(OCC(O)CN2CCc3ccccc3C2)c(Br)c1. The molecule has 0 aliphatic carbocycles. The number of β-amino-alcohol motifs (C(OH)–C–C–N with tert-alkyl or cyclic N) is 2. The van der Waals surface area contributed by atoms with Crippen LogP contribution in [0.25, 0.3) is 0 Å². The van der Waals surface area contributed by atoms with Gasteiger partial charge in [-0.1, -0.05) is 62.4 Å². The van der Waals surface area contributed by atoms with E-state index < -0.39 is 12.2 Å². The molecule has 4 aromatic carbocycles. The van der Waals surface area contributed by atoms with Crippen LogP contribution in [0.2, 0.25) is 0 Å². The lowest BCUT2D eigenvalue weighted by molar-refractivity contribution is 0.0632. The summed E-state index contributed by atoms with van der Waals surface area (Å²) in [6.45, 7) is 9.42. The fourth-order valence-electron chi connectivity index (χ4n) is 6.76. The van der Waals surface area contributed by atoms with Gasteiger partial charge in [-0.25, -0.2) is 0 Å². The Morgan fingerprint density at radius 3 is 1.33 bits per heavy atom. The van der Waals surface area contributed by atoms with Crippen molar-refractivity contribution in [3.63, 3.8) is 0 Å². The van der Waals surface area contributed by atoms with Crippen LogP contribution in [0.4, 0.5) is 0 Å². The molecular weight excluding hydrogens is 880 g/mol. The van der Waals surface area contributed by atoms with E-state index >= 15 is 0 Å². The topological polar surface area (TPSA) is 65.4 Å². The average molecular weight is 922 g/mol. The van der Waals surface area contributed by atoms with Gasteiger partial charge >= 0.3 is 0 Å². The monoisotopic (exact) mass is 918 g/mol. The van der Waals surface area contributed by atoms with Crippen molar-refractivity contribution in [3.05, 3.63) is 124 Å². The number of nitrogens with zero attached hydrogens (tertiary/aromatic N) is 2. The van der Waals surface area contributed by atoms with Crippen LogP contribution in [-0.4, -0.2) is 71.6 Å². The van der Waals surface area contributed by atoms with Gasteiger partial charge in [-0.3, -0.25) is 9.80 Å². The maximum Gasteiger partial charge on any atom is 0.147 e. The number of aliphatic hydroxyl groups excluding tert-OH is 2. The lowest BCUT2D eigenvalue weighted by Crippen LogP contribution is -2.38. The number of halogens is 4.